The molecular weight excluding hydrogens is 439 g/mol. The van der Waals surface area contributed by atoms with E-state index in [0.29, 0.717) is 11.0 Å². The predicted molar refractivity (Wildman–Crippen MR) is 140 cm³/mol. The Morgan fingerprint density at radius 2 is 1.51 bits per heavy atom. The van der Waals surface area contributed by atoms with Crippen molar-refractivity contribution in [3.63, 3.8) is 0 Å². The van der Waals surface area contributed by atoms with Crippen LogP contribution in [0.3, 0.4) is 0 Å². The Labute approximate surface area is 203 Å². The quantitative estimate of drug-likeness (QED) is 0.183. The second kappa shape index (κ2) is 7.41. The van der Waals surface area contributed by atoms with Gasteiger partial charge >= 0.3 is 7.12 Å². The maximum atomic E-state index is 12.1. The number of fused-ring (bicyclic) bond motifs is 5. The molecule has 0 atom stereocenters. The van der Waals surface area contributed by atoms with Crippen molar-refractivity contribution in [2.75, 3.05) is 0 Å². The lowest BCUT2D eigenvalue weighted by Crippen LogP contribution is -2.41. The molecule has 0 radical (unpaired) electrons. The number of rotatable bonds is 3. The smallest absolute Gasteiger partial charge is 0.399 e. The van der Waals surface area contributed by atoms with Gasteiger partial charge in [0.05, 0.1) is 32.7 Å². The van der Waals surface area contributed by atoms with Gasteiger partial charge in [-0.15, -0.1) is 0 Å². The third kappa shape index (κ3) is 3.34. The molecule has 0 bridgehead atoms. The molecule has 0 saturated carbocycles. The van der Waals surface area contributed by atoms with E-state index in [4.69, 9.17) is 9.31 Å². The number of hydrogen-bond acceptors (Lipinski definition) is 4. The molecule has 5 aromatic rings. The Morgan fingerprint density at radius 1 is 0.800 bits per heavy atom. The molecule has 7 heteroatoms. The summed E-state index contributed by atoms with van der Waals surface area (Å²) in [6.07, 6.45) is 0. The van der Waals surface area contributed by atoms with Crippen molar-refractivity contribution in [2.24, 2.45) is 0 Å². The van der Waals surface area contributed by atoms with Crippen LogP contribution in [0.5, 0.6) is 0 Å². The standard InChI is InChI=1S/C28H25BN2O4/c1-27(2)28(3,4)35-29(34-27)21-11-13-23(26(17-21)31(32)33)19-10-14-25-20(15-19)16-22-12-9-18-7-5-6-8-24(18)30(22)25/h5-17H,1-4H3. The van der Waals surface area contributed by atoms with Crippen molar-refractivity contribution in [3.05, 3.63) is 89.0 Å². The molecule has 174 valence electrons. The number of hydrogen-bond donors (Lipinski definition) is 0. The second-order valence-corrected chi connectivity index (χ2v) is 10.2. The van der Waals surface area contributed by atoms with Crippen molar-refractivity contribution in [3.8, 4) is 11.1 Å². The van der Waals surface area contributed by atoms with Crippen molar-refractivity contribution in [2.45, 2.75) is 38.9 Å². The van der Waals surface area contributed by atoms with Gasteiger partial charge in [-0.05, 0) is 80.5 Å². The third-order valence-corrected chi connectivity index (χ3v) is 7.50. The van der Waals surface area contributed by atoms with E-state index in [1.165, 1.54) is 0 Å². The molecule has 6 nitrogen and oxygen atoms in total. The summed E-state index contributed by atoms with van der Waals surface area (Å²) in [5, 5.41) is 14.3. The summed E-state index contributed by atoms with van der Waals surface area (Å²) in [6.45, 7) is 7.87. The lowest BCUT2D eigenvalue weighted by Gasteiger charge is -2.32. The van der Waals surface area contributed by atoms with Crippen LogP contribution in [0.2, 0.25) is 0 Å². The summed E-state index contributed by atoms with van der Waals surface area (Å²) in [7, 11) is -0.653. The van der Waals surface area contributed by atoms with Gasteiger partial charge in [0, 0.05) is 17.0 Å². The maximum Gasteiger partial charge on any atom is 0.495 e. The Kier molecular flexibility index (Phi) is 4.62. The van der Waals surface area contributed by atoms with Crippen LogP contribution < -0.4 is 5.46 Å². The van der Waals surface area contributed by atoms with Crippen molar-refractivity contribution in [1.29, 1.82) is 0 Å². The summed E-state index contributed by atoms with van der Waals surface area (Å²) >= 11 is 0. The first-order valence-corrected chi connectivity index (χ1v) is 11.7. The molecular formula is C28H25BN2O4. The van der Waals surface area contributed by atoms with Crippen LogP contribution in [0.25, 0.3) is 38.4 Å². The molecule has 0 N–H and O–H groups in total. The summed E-state index contributed by atoms with van der Waals surface area (Å²) < 4.78 is 14.4. The van der Waals surface area contributed by atoms with Crippen molar-refractivity contribution < 1.29 is 14.2 Å². The first-order valence-electron chi connectivity index (χ1n) is 11.7. The minimum atomic E-state index is -0.653. The Hall–Kier alpha value is -3.68. The average Bonchev–Trinajstić information content (AvgIpc) is 3.31. The van der Waals surface area contributed by atoms with Gasteiger partial charge in [-0.2, -0.15) is 0 Å². The minimum absolute atomic E-state index is 0.0331. The summed E-state index contributed by atoms with van der Waals surface area (Å²) in [5.41, 5.74) is 4.29. The van der Waals surface area contributed by atoms with E-state index in [-0.39, 0.29) is 10.6 Å². The van der Waals surface area contributed by atoms with E-state index >= 15 is 0 Å². The molecule has 35 heavy (non-hydrogen) atoms. The lowest BCUT2D eigenvalue weighted by molar-refractivity contribution is -0.384. The normalized spacial score (nSPS) is 17.0. The van der Waals surface area contributed by atoms with Gasteiger partial charge in [0.2, 0.25) is 0 Å². The Bertz CT molecular complexity index is 1640. The maximum absolute atomic E-state index is 12.1. The summed E-state index contributed by atoms with van der Waals surface area (Å²) in [6, 6.07) is 25.8. The number of pyridine rings is 1. The van der Waals surface area contributed by atoms with Crippen molar-refractivity contribution >= 4 is 45.6 Å². The van der Waals surface area contributed by atoms with E-state index in [1.807, 2.05) is 64.1 Å². The Morgan fingerprint density at radius 3 is 2.26 bits per heavy atom. The zero-order valence-electron chi connectivity index (χ0n) is 20.1. The van der Waals surface area contributed by atoms with E-state index < -0.39 is 18.3 Å². The number of aromatic nitrogens is 1. The van der Waals surface area contributed by atoms with Gasteiger partial charge in [-0.1, -0.05) is 36.4 Å². The monoisotopic (exact) mass is 464 g/mol. The van der Waals surface area contributed by atoms with Gasteiger partial charge in [0.15, 0.2) is 0 Å². The molecule has 3 heterocycles. The highest BCUT2D eigenvalue weighted by molar-refractivity contribution is 6.62. The van der Waals surface area contributed by atoms with E-state index in [9.17, 15) is 10.1 Å². The topological polar surface area (TPSA) is 66.0 Å². The highest BCUT2D eigenvalue weighted by atomic mass is 16.7. The second-order valence-electron chi connectivity index (χ2n) is 10.2. The fraction of sp³-hybridized carbons (Fsp3) is 0.214. The molecule has 6 rings (SSSR count). The molecule has 1 aliphatic rings. The fourth-order valence-electron chi connectivity index (χ4n) is 4.87. The fourth-order valence-corrected chi connectivity index (χ4v) is 4.87. The van der Waals surface area contributed by atoms with Gasteiger partial charge < -0.3 is 13.7 Å². The number of nitrogens with zero attached hydrogens (tertiary/aromatic N) is 2. The Balaban J connectivity index is 1.46. The van der Waals surface area contributed by atoms with Gasteiger partial charge in [0.25, 0.3) is 5.69 Å². The van der Waals surface area contributed by atoms with Crippen LogP contribution in [-0.2, 0) is 9.31 Å². The largest absolute Gasteiger partial charge is 0.495 e. The molecule has 1 saturated heterocycles. The molecule has 0 spiro atoms. The van der Waals surface area contributed by atoms with Crippen LogP contribution in [-0.4, -0.2) is 27.6 Å². The summed E-state index contributed by atoms with van der Waals surface area (Å²) in [4.78, 5) is 11.8. The lowest BCUT2D eigenvalue weighted by atomic mass is 9.78. The molecule has 1 fully saturated rings. The van der Waals surface area contributed by atoms with Gasteiger partial charge in [-0.3, -0.25) is 10.1 Å². The number of benzene rings is 3. The van der Waals surface area contributed by atoms with Crippen LogP contribution >= 0.6 is 0 Å². The third-order valence-electron chi connectivity index (χ3n) is 7.50. The molecule has 1 aliphatic heterocycles. The van der Waals surface area contributed by atoms with Crippen LogP contribution in [0.1, 0.15) is 27.7 Å². The zero-order chi connectivity index (χ0) is 24.5. The number of nitro groups is 1. The molecule has 3 aromatic carbocycles. The predicted octanol–water partition coefficient (Wildman–Crippen LogP) is 6.12. The zero-order valence-corrected chi connectivity index (χ0v) is 20.1. The van der Waals surface area contributed by atoms with E-state index in [0.717, 1.165) is 32.9 Å². The molecule has 0 aliphatic carbocycles. The van der Waals surface area contributed by atoms with E-state index in [1.54, 1.807) is 12.1 Å². The average molecular weight is 464 g/mol. The van der Waals surface area contributed by atoms with Crippen molar-refractivity contribution in [1.82, 2.24) is 4.40 Å². The molecule has 0 unspecified atom stereocenters. The van der Waals surface area contributed by atoms with Gasteiger partial charge in [0.1, 0.15) is 0 Å². The van der Waals surface area contributed by atoms with Crippen LogP contribution in [0, 0.1) is 10.1 Å². The molecule has 2 aromatic heterocycles. The molecule has 0 amide bonds. The van der Waals surface area contributed by atoms with Crippen LogP contribution in [0.4, 0.5) is 5.69 Å². The first kappa shape index (κ1) is 21.8. The number of nitro benzene ring substituents is 1. The SMILES string of the molecule is CC1(C)OB(c2ccc(-c3ccc4c(c3)cc3ccc5ccccc5n34)c([N+](=O)[O-])c2)OC1(C)C. The van der Waals surface area contributed by atoms with Gasteiger partial charge in [-0.25, -0.2) is 0 Å². The highest BCUT2D eigenvalue weighted by Crippen LogP contribution is 2.38. The van der Waals surface area contributed by atoms with E-state index in [2.05, 4.69) is 34.7 Å². The summed E-state index contributed by atoms with van der Waals surface area (Å²) in [5.74, 6) is 0. The van der Waals surface area contributed by atoms with Crippen LogP contribution in [0.15, 0.2) is 78.9 Å². The minimum Gasteiger partial charge on any atom is -0.399 e. The number of para-hydroxylation sites is 1. The first-order chi connectivity index (χ1) is 16.6. The highest BCUT2D eigenvalue weighted by Gasteiger charge is 2.52.